The first-order valence-corrected chi connectivity index (χ1v) is 9.79. The largest absolute Gasteiger partial charge is 0.462 e. The molecule has 2 aliphatic carbocycles. The fraction of sp³-hybridized carbons (Fsp3) is 0.941. The lowest BCUT2D eigenvalue weighted by Gasteiger charge is -2.37. The highest BCUT2D eigenvalue weighted by molar-refractivity contribution is 6.27. The lowest BCUT2D eigenvalue weighted by atomic mass is 9.78. The van der Waals surface area contributed by atoms with Gasteiger partial charge in [0, 0.05) is 10.2 Å². The first-order chi connectivity index (χ1) is 9.58. The molecule has 0 bridgehead atoms. The summed E-state index contributed by atoms with van der Waals surface area (Å²) >= 11 is 0. The Morgan fingerprint density at radius 2 is 1.75 bits per heavy atom. The molecule has 0 spiro atoms. The van der Waals surface area contributed by atoms with Gasteiger partial charge in [-0.1, -0.05) is 46.0 Å². The second-order valence-electron chi connectivity index (χ2n) is 7.31. The molecule has 3 heteroatoms. The highest BCUT2D eigenvalue weighted by Crippen LogP contribution is 2.48. The normalized spacial score (nSPS) is 25.7. The molecule has 0 amide bonds. The maximum atomic E-state index is 12.8. The van der Waals surface area contributed by atoms with Crippen molar-refractivity contribution in [3.05, 3.63) is 0 Å². The molecule has 116 valence electrons. The average molecular weight is 297 g/mol. The Kier molecular flexibility index (Phi) is 5.71. The Morgan fingerprint density at radius 1 is 1.20 bits per heavy atom. The third kappa shape index (κ3) is 3.47. The smallest absolute Gasteiger partial charge is 0.308 e. The summed E-state index contributed by atoms with van der Waals surface area (Å²) in [4.78, 5) is 12.8. The number of rotatable bonds is 6. The van der Waals surface area contributed by atoms with Crippen LogP contribution in [0.4, 0.5) is 0 Å². The van der Waals surface area contributed by atoms with Crippen LogP contribution in [0.5, 0.6) is 0 Å². The van der Waals surface area contributed by atoms with E-state index in [0.717, 1.165) is 41.8 Å². The molecule has 2 fully saturated rings. The van der Waals surface area contributed by atoms with E-state index < -0.39 is 0 Å². The van der Waals surface area contributed by atoms with Gasteiger partial charge in [0.1, 0.15) is 6.10 Å². The van der Waals surface area contributed by atoms with E-state index in [2.05, 4.69) is 13.8 Å². The molecule has 0 saturated heterocycles. The molecule has 0 N–H and O–H groups in total. The van der Waals surface area contributed by atoms with Crippen molar-refractivity contribution in [2.24, 2.45) is 11.8 Å². The number of hydrogen-bond acceptors (Lipinski definition) is 2. The van der Waals surface area contributed by atoms with E-state index in [1.54, 1.807) is 0 Å². The van der Waals surface area contributed by atoms with E-state index in [4.69, 9.17) is 4.74 Å². The minimum atomic E-state index is -0.133. The molecule has 0 heterocycles. The Labute approximate surface area is 127 Å². The summed E-state index contributed by atoms with van der Waals surface area (Å²) in [6.07, 6.45) is 12.4. The van der Waals surface area contributed by atoms with Crippen molar-refractivity contribution in [3.63, 3.8) is 0 Å². The summed E-state index contributed by atoms with van der Waals surface area (Å²) in [5.41, 5.74) is 0. The third-order valence-electron chi connectivity index (χ3n) is 5.92. The highest BCUT2D eigenvalue weighted by atomic mass is 28.1. The highest BCUT2D eigenvalue weighted by Gasteiger charge is 2.44. The maximum absolute atomic E-state index is 12.8. The van der Waals surface area contributed by atoms with Crippen molar-refractivity contribution in [1.82, 2.24) is 0 Å². The van der Waals surface area contributed by atoms with E-state index in [9.17, 15) is 4.79 Å². The third-order valence-corrected chi connectivity index (χ3v) is 7.74. The Bertz CT molecular complexity index is 319. The zero-order valence-corrected chi connectivity index (χ0v) is 15.6. The Balaban J connectivity index is 2.03. The van der Waals surface area contributed by atoms with Crippen LogP contribution < -0.4 is 0 Å². The van der Waals surface area contributed by atoms with Gasteiger partial charge in [0.05, 0.1) is 5.04 Å². The molecular formula is C17H32O2Si. The van der Waals surface area contributed by atoms with E-state index in [-0.39, 0.29) is 17.1 Å². The van der Waals surface area contributed by atoms with Gasteiger partial charge in [-0.2, -0.15) is 0 Å². The van der Waals surface area contributed by atoms with Crippen molar-refractivity contribution in [2.45, 2.75) is 89.2 Å². The summed E-state index contributed by atoms with van der Waals surface area (Å²) in [5, 5.41) is -0.133. The van der Waals surface area contributed by atoms with Gasteiger partial charge in [-0.15, -0.1) is 0 Å². The minimum absolute atomic E-state index is 0.133. The van der Waals surface area contributed by atoms with Crippen molar-refractivity contribution in [1.29, 1.82) is 0 Å². The Hall–Kier alpha value is -0.313. The van der Waals surface area contributed by atoms with Crippen LogP contribution in [0.3, 0.4) is 0 Å². The minimum Gasteiger partial charge on any atom is -0.462 e. The van der Waals surface area contributed by atoms with Crippen LogP contribution in [0.2, 0.25) is 5.04 Å². The standard InChI is InChI=1S/C17H32O2Si/c1-3-12-17(20,13(2)14-8-4-5-9-14)16(18)19-15-10-6-7-11-15/h13-15H,3-12H2,1-2,20H3. The fourth-order valence-electron chi connectivity index (χ4n) is 4.30. The van der Waals surface area contributed by atoms with Gasteiger partial charge in [-0.05, 0) is 43.9 Å². The molecule has 2 rings (SSSR count). The lowest BCUT2D eigenvalue weighted by molar-refractivity contribution is -0.155. The summed E-state index contributed by atoms with van der Waals surface area (Å²) in [5.74, 6) is 1.43. The van der Waals surface area contributed by atoms with Crippen LogP contribution in [0.15, 0.2) is 0 Å². The predicted octanol–water partition coefficient (Wildman–Crippen LogP) is 3.62. The SMILES string of the molecule is CCCC([SiH3])(C(=O)OC1CCCC1)C(C)C1CCCC1. The van der Waals surface area contributed by atoms with Gasteiger partial charge in [0.25, 0.3) is 0 Å². The van der Waals surface area contributed by atoms with Crippen LogP contribution in [0.1, 0.15) is 78.1 Å². The lowest BCUT2D eigenvalue weighted by Crippen LogP contribution is -2.37. The molecular weight excluding hydrogens is 264 g/mol. The summed E-state index contributed by atoms with van der Waals surface area (Å²) < 4.78 is 5.91. The molecule has 2 nitrogen and oxygen atoms in total. The maximum Gasteiger partial charge on any atom is 0.308 e. The van der Waals surface area contributed by atoms with Crippen LogP contribution in [-0.4, -0.2) is 22.3 Å². The van der Waals surface area contributed by atoms with Crippen molar-refractivity contribution < 1.29 is 9.53 Å². The molecule has 0 aliphatic heterocycles. The summed E-state index contributed by atoms with van der Waals surface area (Å²) in [6, 6.07) is 0. The second-order valence-corrected chi connectivity index (χ2v) is 9.10. The fourth-order valence-corrected chi connectivity index (χ4v) is 5.39. The van der Waals surface area contributed by atoms with Gasteiger partial charge in [0.2, 0.25) is 0 Å². The zero-order chi connectivity index (χ0) is 14.6. The summed E-state index contributed by atoms with van der Waals surface area (Å²) in [6.45, 7) is 4.53. The van der Waals surface area contributed by atoms with Crippen LogP contribution in [0, 0.1) is 11.8 Å². The molecule has 2 atom stereocenters. The Morgan fingerprint density at radius 3 is 2.30 bits per heavy atom. The first kappa shape index (κ1) is 16.1. The van der Waals surface area contributed by atoms with E-state index in [1.807, 2.05) is 0 Å². The van der Waals surface area contributed by atoms with Gasteiger partial charge in [-0.25, -0.2) is 0 Å². The van der Waals surface area contributed by atoms with Crippen LogP contribution in [-0.2, 0) is 9.53 Å². The number of carbonyl (C=O) groups excluding carboxylic acids is 1. The molecule has 20 heavy (non-hydrogen) atoms. The average Bonchev–Trinajstić information content (AvgIpc) is 3.10. The molecule has 0 radical (unpaired) electrons. The molecule has 0 aromatic heterocycles. The zero-order valence-electron chi connectivity index (χ0n) is 13.6. The van der Waals surface area contributed by atoms with Gasteiger partial charge < -0.3 is 4.74 Å². The van der Waals surface area contributed by atoms with Crippen molar-refractivity contribution >= 4 is 16.2 Å². The monoisotopic (exact) mass is 296 g/mol. The predicted molar refractivity (Wildman–Crippen MR) is 87.0 cm³/mol. The molecule has 0 aromatic rings. The van der Waals surface area contributed by atoms with Crippen LogP contribution in [0.25, 0.3) is 0 Å². The van der Waals surface area contributed by atoms with Crippen LogP contribution >= 0.6 is 0 Å². The number of esters is 1. The summed E-state index contributed by atoms with van der Waals surface area (Å²) in [7, 11) is 0.937. The molecule has 0 aromatic carbocycles. The van der Waals surface area contributed by atoms with E-state index in [1.165, 1.54) is 38.5 Å². The van der Waals surface area contributed by atoms with Gasteiger partial charge in [0.15, 0.2) is 0 Å². The number of ether oxygens (including phenoxy) is 1. The molecule has 2 saturated carbocycles. The number of hydrogen-bond donors (Lipinski definition) is 0. The van der Waals surface area contributed by atoms with Crippen molar-refractivity contribution in [3.8, 4) is 0 Å². The molecule has 2 unspecified atom stereocenters. The van der Waals surface area contributed by atoms with Gasteiger partial charge >= 0.3 is 5.97 Å². The quantitative estimate of drug-likeness (QED) is 0.553. The van der Waals surface area contributed by atoms with E-state index >= 15 is 0 Å². The van der Waals surface area contributed by atoms with Gasteiger partial charge in [-0.3, -0.25) is 4.79 Å². The second kappa shape index (κ2) is 7.10. The number of carbonyl (C=O) groups is 1. The topological polar surface area (TPSA) is 26.3 Å². The van der Waals surface area contributed by atoms with Crippen molar-refractivity contribution in [2.75, 3.05) is 0 Å². The van der Waals surface area contributed by atoms with E-state index in [0.29, 0.717) is 5.92 Å². The first-order valence-electron chi connectivity index (χ1n) is 8.79. The molecule has 2 aliphatic rings.